The molecule has 1 spiro atoms. The van der Waals surface area contributed by atoms with Gasteiger partial charge in [-0.3, -0.25) is 14.4 Å². The van der Waals surface area contributed by atoms with Crippen molar-refractivity contribution in [2.45, 2.75) is 44.1 Å². The Morgan fingerprint density at radius 3 is 2.73 bits per heavy atom. The predicted molar refractivity (Wildman–Crippen MR) is 110 cm³/mol. The van der Waals surface area contributed by atoms with Gasteiger partial charge in [0, 0.05) is 32.5 Å². The number of ether oxygens (including phenoxy) is 2. The van der Waals surface area contributed by atoms with Gasteiger partial charge >= 0.3 is 0 Å². The van der Waals surface area contributed by atoms with Crippen molar-refractivity contribution in [1.82, 2.24) is 15.1 Å². The first-order chi connectivity index (χ1) is 14.5. The first-order valence-electron chi connectivity index (χ1n) is 10.7. The van der Waals surface area contributed by atoms with Crippen molar-refractivity contribution in [3.8, 4) is 11.5 Å². The van der Waals surface area contributed by atoms with Crippen molar-refractivity contribution < 1.29 is 23.9 Å². The minimum atomic E-state index is -0.673. The summed E-state index contributed by atoms with van der Waals surface area (Å²) in [6.45, 7) is 2.43. The fourth-order valence-electron chi connectivity index (χ4n) is 4.44. The summed E-state index contributed by atoms with van der Waals surface area (Å²) in [5.74, 6) is 0.851. The van der Waals surface area contributed by atoms with Crippen LogP contribution >= 0.6 is 0 Å². The molecule has 3 heterocycles. The number of likely N-dealkylation sites (tertiary alicyclic amines) is 2. The molecular weight excluding hydrogens is 386 g/mol. The second-order valence-electron chi connectivity index (χ2n) is 8.34. The van der Waals surface area contributed by atoms with Gasteiger partial charge in [0.15, 0.2) is 0 Å². The molecule has 1 atom stereocenters. The van der Waals surface area contributed by atoms with E-state index in [1.807, 2.05) is 4.90 Å². The van der Waals surface area contributed by atoms with Crippen LogP contribution in [0.3, 0.4) is 0 Å². The molecule has 0 aliphatic carbocycles. The Kier molecular flexibility index (Phi) is 5.83. The number of piperidine rings is 1. The van der Waals surface area contributed by atoms with E-state index in [4.69, 9.17) is 9.47 Å². The molecule has 3 amide bonds. The maximum atomic E-state index is 12.7. The second kappa shape index (κ2) is 8.53. The van der Waals surface area contributed by atoms with Gasteiger partial charge in [0.25, 0.3) is 5.91 Å². The molecule has 30 heavy (non-hydrogen) atoms. The minimum Gasteiger partial charge on any atom is -0.497 e. The molecule has 0 aromatic heterocycles. The molecule has 0 bridgehead atoms. The number of amides is 3. The number of carbonyl (C=O) groups is 3. The topological polar surface area (TPSA) is 88.2 Å². The van der Waals surface area contributed by atoms with Gasteiger partial charge in [-0.2, -0.15) is 0 Å². The number of methoxy groups -OCH3 is 1. The highest BCUT2D eigenvalue weighted by molar-refractivity contribution is 5.97. The van der Waals surface area contributed by atoms with Crippen LogP contribution in [-0.2, 0) is 9.59 Å². The molecule has 8 heteroatoms. The van der Waals surface area contributed by atoms with E-state index in [2.05, 4.69) is 5.32 Å². The highest BCUT2D eigenvalue weighted by Crippen LogP contribution is 2.34. The molecule has 2 fully saturated rings. The summed E-state index contributed by atoms with van der Waals surface area (Å²) in [5, 5.41) is 2.94. The lowest BCUT2D eigenvalue weighted by atomic mass is 9.94. The lowest BCUT2D eigenvalue weighted by Gasteiger charge is -2.32. The molecule has 1 unspecified atom stereocenters. The van der Waals surface area contributed by atoms with Crippen LogP contribution in [0.2, 0.25) is 0 Å². The van der Waals surface area contributed by atoms with Gasteiger partial charge in [-0.25, -0.2) is 0 Å². The summed E-state index contributed by atoms with van der Waals surface area (Å²) in [5.41, 5.74) is -0.243. The third kappa shape index (κ3) is 4.22. The summed E-state index contributed by atoms with van der Waals surface area (Å²) < 4.78 is 11.6. The van der Waals surface area contributed by atoms with Crippen molar-refractivity contribution in [2.75, 3.05) is 39.8 Å². The molecule has 4 rings (SSSR count). The van der Waals surface area contributed by atoms with E-state index in [1.54, 1.807) is 30.2 Å². The third-order valence-corrected chi connectivity index (χ3v) is 6.35. The van der Waals surface area contributed by atoms with Crippen LogP contribution in [0, 0.1) is 0 Å². The summed E-state index contributed by atoms with van der Waals surface area (Å²) in [4.78, 5) is 41.5. The van der Waals surface area contributed by atoms with Gasteiger partial charge in [0.2, 0.25) is 11.8 Å². The Morgan fingerprint density at radius 2 is 1.97 bits per heavy atom. The van der Waals surface area contributed by atoms with E-state index >= 15 is 0 Å². The number of nitrogens with zero attached hydrogens (tertiary/aromatic N) is 2. The minimum absolute atomic E-state index is 0.0199. The van der Waals surface area contributed by atoms with Crippen LogP contribution in [0.1, 0.15) is 48.9 Å². The third-order valence-electron chi connectivity index (χ3n) is 6.35. The molecule has 2 saturated heterocycles. The number of nitrogens with one attached hydrogen (secondary N) is 1. The van der Waals surface area contributed by atoms with E-state index in [-0.39, 0.29) is 30.7 Å². The molecule has 8 nitrogen and oxygen atoms in total. The van der Waals surface area contributed by atoms with Crippen LogP contribution in [0.4, 0.5) is 0 Å². The number of benzene rings is 1. The van der Waals surface area contributed by atoms with Gasteiger partial charge in [-0.05, 0) is 43.9 Å². The Hall–Kier alpha value is -2.77. The molecular formula is C22H29N3O5. The van der Waals surface area contributed by atoms with E-state index < -0.39 is 5.60 Å². The monoisotopic (exact) mass is 415 g/mol. The first kappa shape index (κ1) is 20.5. The fourth-order valence-corrected chi connectivity index (χ4v) is 4.44. The summed E-state index contributed by atoms with van der Waals surface area (Å²) in [6.07, 6.45) is 4.55. The maximum Gasteiger partial charge on any atom is 0.255 e. The van der Waals surface area contributed by atoms with Crippen molar-refractivity contribution in [2.24, 2.45) is 0 Å². The molecule has 3 aliphatic heterocycles. The van der Waals surface area contributed by atoms with E-state index in [1.165, 1.54) is 0 Å². The van der Waals surface area contributed by atoms with Crippen molar-refractivity contribution in [3.05, 3.63) is 23.8 Å². The van der Waals surface area contributed by atoms with Crippen LogP contribution < -0.4 is 14.8 Å². The molecule has 162 valence electrons. The van der Waals surface area contributed by atoms with Gasteiger partial charge in [0.1, 0.15) is 17.1 Å². The first-order valence-corrected chi connectivity index (χ1v) is 10.7. The van der Waals surface area contributed by atoms with Crippen molar-refractivity contribution in [3.63, 3.8) is 0 Å². The number of hydrogen-bond donors (Lipinski definition) is 1. The average Bonchev–Trinajstić information content (AvgIpc) is 3.01. The molecule has 0 radical (unpaired) electrons. The Morgan fingerprint density at radius 1 is 1.17 bits per heavy atom. The number of fused-ring (bicyclic) bond motifs is 1. The van der Waals surface area contributed by atoms with Gasteiger partial charge < -0.3 is 24.6 Å². The summed E-state index contributed by atoms with van der Waals surface area (Å²) in [7, 11) is 1.55. The molecule has 3 aliphatic rings. The lowest BCUT2D eigenvalue weighted by molar-refractivity contribution is -0.140. The van der Waals surface area contributed by atoms with Gasteiger partial charge in [-0.15, -0.1) is 0 Å². The highest BCUT2D eigenvalue weighted by Gasteiger charge is 2.41. The molecule has 1 aromatic rings. The number of carbonyl (C=O) groups excluding carboxylic acids is 3. The van der Waals surface area contributed by atoms with Gasteiger partial charge in [0.05, 0.1) is 25.8 Å². The highest BCUT2D eigenvalue weighted by atomic mass is 16.5. The maximum absolute atomic E-state index is 12.7. The molecule has 1 aromatic carbocycles. The Balaban J connectivity index is 1.47. The zero-order valence-corrected chi connectivity index (χ0v) is 17.4. The average molecular weight is 415 g/mol. The quantitative estimate of drug-likeness (QED) is 0.810. The second-order valence-corrected chi connectivity index (χ2v) is 8.34. The Labute approximate surface area is 176 Å². The smallest absolute Gasteiger partial charge is 0.255 e. The standard InChI is InChI=1S/C22H29N3O5/c1-29-16-5-6-18-17(13-16)21(28)23-15-22(30-18)8-7-19(26)25(12-9-22)14-20(27)24-10-3-2-4-11-24/h5-6,13H,2-4,7-12,14-15H2,1H3,(H,23,28). The van der Waals surface area contributed by atoms with E-state index in [0.717, 1.165) is 32.4 Å². The zero-order chi connectivity index (χ0) is 21.1. The number of rotatable bonds is 3. The molecule has 1 N–H and O–H groups in total. The summed E-state index contributed by atoms with van der Waals surface area (Å²) in [6, 6.07) is 5.16. The van der Waals surface area contributed by atoms with Gasteiger partial charge in [-0.1, -0.05) is 0 Å². The van der Waals surface area contributed by atoms with E-state index in [9.17, 15) is 14.4 Å². The number of hydrogen-bond acceptors (Lipinski definition) is 5. The fraction of sp³-hybridized carbons (Fsp3) is 0.591. The van der Waals surface area contributed by atoms with Crippen molar-refractivity contribution >= 4 is 17.7 Å². The zero-order valence-electron chi connectivity index (χ0n) is 17.4. The lowest BCUT2D eigenvalue weighted by Crippen LogP contribution is -2.47. The van der Waals surface area contributed by atoms with Crippen LogP contribution in [0.25, 0.3) is 0 Å². The SMILES string of the molecule is COc1ccc2c(c1)C(=O)NCC1(CCC(=O)N(CC(=O)N3CCCCC3)CC1)O2. The normalized spacial score (nSPS) is 24.4. The van der Waals surface area contributed by atoms with E-state index in [0.29, 0.717) is 43.0 Å². The molecule has 0 saturated carbocycles. The van der Waals surface area contributed by atoms with Crippen LogP contribution in [0.5, 0.6) is 11.5 Å². The predicted octanol–water partition coefficient (Wildman–Crippen LogP) is 1.58. The summed E-state index contributed by atoms with van der Waals surface area (Å²) >= 11 is 0. The van der Waals surface area contributed by atoms with Crippen molar-refractivity contribution in [1.29, 1.82) is 0 Å². The largest absolute Gasteiger partial charge is 0.497 e. The Bertz CT molecular complexity index is 836. The van der Waals surface area contributed by atoms with Crippen LogP contribution in [0.15, 0.2) is 18.2 Å². The van der Waals surface area contributed by atoms with Crippen LogP contribution in [-0.4, -0.2) is 73.0 Å².